The molecule has 2 N–H and O–H groups in total. The summed E-state index contributed by atoms with van der Waals surface area (Å²) in [4.78, 5) is 34.9. The van der Waals surface area contributed by atoms with Crippen LogP contribution in [0.4, 0.5) is 17.1 Å². The summed E-state index contributed by atoms with van der Waals surface area (Å²) in [6.07, 6.45) is 2.64. The van der Waals surface area contributed by atoms with Crippen molar-refractivity contribution < 1.29 is 14.6 Å². The van der Waals surface area contributed by atoms with Gasteiger partial charge in [0.15, 0.2) is 5.82 Å². The second-order valence-electron chi connectivity index (χ2n) is 5.57. The second kappa shape index (κ2) is 6.14. The molecule has 1 saturated heterocycles. The largest absolute Gasteiger partial charge is 0.373 e. The first-order valence-electron chi connectivity index (χ1n) is 7.48. The molecule has 0 spiro atoms. The number of carbonyl (C=O) groups excluding carboxylic acids is 1. The van der Waals surface area contributed by atoms with E-state index in [1.54, 1.807) is 0 Å². The van der Waals surface area contributed by atoms with Gasteiger partial charge in [0.05, 0.1) is 21.2 Å². The Balaban J connectivity index is 1.92. The molecule has 3 rings (SSSR count). The van der Waals surface area contributed by atoms with Gasteiger partial charge in [0, 0.05) is 25.2 Å². The highest BCUT2D eigenvalue weighted by atomic mass is 16.6. The lowest BCUT2D eigenvalue weighted by Crippen LogP contribution is -2.39. The van der Waals surface area contributed by atoms with Gasteiger partial charge in [0.1, 0.15) is 0 Å². The third kappa shape index (κ3) is 2.85. The third-order valence-corrected chi connectivity index (χ3v) is 4.00. The van der Waals surface area contributed by atoms with Gasteiger partial charge in [-0.1, -0.05) is 0 Å². The van der Waals surface area contributed by atoms with Crippen LogP contribution in [-0.4, -0.2) is 33.7 Å². The topological polar surface area (TPSA) is 131 Å². The van der Waals surface area contributed by atoms with Gasteiger partial charge in [-0.25, -0.2) is 0 Å². The lowest BCUT2D eigenvalue weighted by molar-refractivity contribution is -0.421. The number of piperidine rings is 1. The smallest absolute Gasteiger partial charge is 0.334 e. The van der Waals surface area contributed by atoms with Crippen LogP contribution in [-0.2, 0) is 4.79 Å². The van der Waals surface area contributed by atoms with Crippen molar-refractivity contribution in [1.82, 2.24) is 4.90 Å². The lowest BCUT2D eigenvalue weighted by Gasteiger charge is -2.25. The summed E-state index contributed by atoms with van der Waals surface area (Å²) >= 11 is 0. The first-order valence-corrected chi connectivity index (χ1v) is 7.48. The van der Waals surface area contributed by atoms with Crippen LogP contribution in [0.1, 0.15) is 19.3 Å². The zero-order chi connectivity index (χ0) is 17.3. The second-order valence-corrected chi connectivity index (χ2v) is 5.57. The standard InChI is InChI=1S/C14H15N5O5/c20-14(17-6-2-1-3-7-17)12(19(23)24)13-15-10-5-4-9(18(21)22)8-11(10)16-13/h4-5,8,15-16H,1-3,6-7H2. The molecule has 126 valence electrons. The zero-order valence-electron chi connectivity index (χ0n) is 12.7. The van der Waals surface area contributed by atoms with Gasteiger partial charge >= 0.3 is 11.6 Å². The number of nitro groups is 2. The number of benzene rings is 1. The number of hydrogen-bond acceptors (Lipinski definition) is 7. The molecule has 0 radical (unpaired) electrons. The first-order chi connectivity index (χ1) is 11.5. The summed E-state index contributed by atoms with van der Waals surface area (Å²) in [6.45, 7) is 0.976. The SMILES string of the molecule is O=C(C(=C1Nc2ccc([N+](=O)[O-])cc2N1)[N+](=O)[O-])N1CCCCC1. The highest BCUT2D eigenvalue weighted by Crippen LogP contribution is 2.35. The highest BCUT2D eigenvalue weighted by molar-refractivity contribution is 5.95. The number of nitro benzene ring substituents is 1. The van der Waals surface area contributed by atoms with Crippen molar-refractivity contribution in [2.75, 3.05) is 23.7 Å². The molecule has 10 nitrogen and oxygen atoms in total. The Morgan fingerprint density at radius 2 is 1.71 bits per heavy atom. The normalized spacial score (nSPS) is 18.2. The van der Waals surface area contributed by atoms with E-state index in [-0.39, 0.29) is 11.5 Å². The quantitative estimate of drug-likeness (QED) is 0.490. The Morgan fingerprint density at radius 1 is 1.04 bits per heavy atom. The van der Waals surface area contributed by atoms with Crippen LogP contribution < -0.4 is 10.6 Å². The van der Waals surface area contributed by atoms with E-state index in [9.17, 15) is 25.0 Å². The van der Waals surface area contributed by atoms with Crippen molar-refractivity contribution in [3.05, 3.63) is 49.9 Å². The fourth-order valence-corrected chi connectivity index (χ4v) is 2.80. The number of amides is 1. The van der Waals surface area contributed by atoms with Crippen LogP contribution in [0.25, 0.3) is 0 Å². The average Bonchev–Trinajstić information content (AvgIpc) is 2.97. The Morgan fingerprint density at radius 3 is 2.33 bits per heavy atom. The number of non-ortho nitro benzene ring substituents is 1. The molecule has 0 aromatic heterocycles. The van der Waals surface area contributed by atoms with Crippen molar-refractivity contribution in [2.45, 2.75) is 19.3 Å². The monoisotopic (exact) mass is 333 g/mol. The lowest BCUT2D eigenvalue weighted by atomic mass is 10.1. The Hall–Kier alpha value is -3.17. The van der Waals surface area contributed by atoms with Crippen molar-refractivity contribution in [3.63, 3.8) is 0 Å². The predicted molar refractivity (Wildman–Crippen MR) is 84.8 cm³/mol. The van der Waals surface area contributed by atoms with Gasteiger partial charge in [0.25, 0.3) is 5.69 Å². The minimum atomic E-state index is -0.730. The third-order valence-electron chi connectivity index (χ3n) is 4.00. The van der Waals surface area contributed by atoms with Crippen LogP contribution in [0.15, 0.2) is 29.7 Å². The Bertz CT molecular complexity index is 754. The summed E-state index contributed by atoms with van der Waals surface area (Å²) in [5.41, 5.74) is 0.0384. The van der Waals surface area contributed by atoms with E-state index in [4.69, 9.17) is 0 Å². The van der Waals surface area contributed by atoms with Crippen LogP contribution in [0.5, 0.6) is 0 Å². The minimum absolute atomic E-state index is 0.0638. The maximum absolute atomic E-state index is 12.5. The van der Waals surface area contributed by atoms with Gasteiger partial charge in [-0.05, 0) is 25.3 Å². The van der Waals surface area contributed by atoms with Crippen molar-refractivity contribution in [3.8, 4) is 0 Å². The van der Waals surface area contributed by atoms with Crippen LogP contribution in [0, 0.1) is 20.2 Å². The molecule has 2 aliphatic heterocycles. The van der Waals surface area contributed by atoms with E-state index in [1.807, 2.05) is 0 Å². The maximum Gasteiger partial charge on any atom is 0.373 e. The molecule has 10 heteroatoms. The number of nitrogens with zero attached hydrogens (tertiary/aromatic N) is 3. The summed E-state index contributed by atoms with van der Waals surface area (Å²) in [6, 6.07) is 3.99. The van der Waals surface area contributed by atoms with Crippen LogP contribution in [0.3, 0.4) is 0 Å². The molecule has 0 bridgehead atoms. The highest BCUT2D eigenvalue weighted by Gasteiger charge is 2.35. The van der Waals surface area contributed by atoms with E-state index in [0.717, 1.165) is 19.3 Å². The number of likely N-dealkylation sites (tertiary alicyclic amines) is 1. The van der Waals surface area contributed by atoms with Gasteiger partial charge in [0.2, 0.25) is 0 Å². The molecule has 1 amide bonds. The van der Waals surface area contributed by atoms with E-state index in [0.29, 0.717) is 24.5 Å². The molecule has 1 aromatic carbocycles. The van der Waals surface area contributed by atoms with E-state index in [2.05, 4.69) is 10.6 Å². The summed E-state index contributed by atoms with van der Waals surface area (Å²) < 4.78 is 0. The molecule has 0 unspecified atom stereocenters. The number of hydrogen-bond donors (Lipinski definition) is 2. The molecule has 0 aliphatic carbocycles. The van der Waals surface area contributed by atoms with Gasteiger partial charge < -0.3 is 15.5 Å². The molecule has 1 fully saturated rings. The van der Waals surface area contributed by atoms with E-state index >= 15 is 0 Å². The fourth-order valence-electron chi connectivity index (χ4n) is 2.80. The van der Waals surface area contributed by atoms with Gasteiger partial charge in [-0.3, -0.25) is 25.0 Å². The molecule has 0 atom stereocenters. The molecule has 2 heterocycles. The van der Waals surface area contributed by atoms with Gasteiger partial charge in [-0.15, -0.1) is 0 Å². The Kier molecular flexibility index (Phi) is 4.02. The van der Waals surface area contributed by atoms with E-state index < -0.39 is 21.5 Å². The number of carbonyl (C=O) groups is 1. The summed E-state index contributed by atoms with van der Waals surface area (Å²) in [5.74, 6) is -0.719. The first kappa shape index (κ1) is 15.7. The fraction of sp³-hybridized carbons (Fsp3) is 0.357. The maximum atomic E-state index is 12.5. The van der Waals surface area contributed by atoms with Crippen LogP contribution in [0.2, 0.25) is 0 Å². The van der Waals surface area contributed by atoms with Crippen molar-refractivity contribution >= 4 is 23.0 Å². The van der Waals surface area contributed by atoms with Crippen molar-refractivity contribution in [1.29, 1.82) is 0 Å². The molecule has 2 aliphatic rings. The molecule has 24 heavy (non-hydrogen) atoms. The predicted octanol–water partition coefficient (Wildman–Crippen LogP) is 1.89. The summed E-state index contributed by atoms with van der Waals surface area (Å²) in [7, 11) is 0. The van der Waals surface area contributed by atoms with Crippen LogP contribution >= 0.6 is 0 Å². The minimum Gasteiger partial charge on any atom is -0.334 e. The molecular formula is C14H15N5O5. The number of rotatable bonds is 3. The summed E-state index contributed by atoms with van der Waals surface area (Å²) in [5, 5.41) is 27.7. The van der Waals surface area contributed by atoms with Crippen molar-refractivity contribution in [2.24, 2.45) is 0 Å². The molecular weight excluding hydrogens is 318 g/mol. The average molecular weight is 333 g/mol. The van der Waals surface area contributed by atoms with Gasteiger partial charge in [-0.2, -0.15) is 0 Å². The number of fused-ring (bicyclic) bond motifs is 1. The number of nitrogens with one attached hydrogen (secondary N) is 2. The molecule has 0 saturated carbocycles. The zero-order valence-corrected chi connectivity index (χ0v) is 12.7. The Labute approximate surface area is 136 Å². The number of anilines is 2. The molecule has 1 aromatic rings. The van der Waals surface area contributed by atoms with E-state index in [1.165, 1.54) is 23.1 Å².